The molecule has 2 atom stereocenters. The minimum Gasteiger partial charge on any atom is -0.497 e. The second-order valence-corrected chi connectivity index (χ2v) is 5.71. The van der Waals surface area contributed by atoms with Gasteiger partial charge in [-0.2, -0.15) is 13.2 Å². The predicted molar refractivity (Wildman–Crippen MR) is 72.0 cm³/mol. The quantitative estimate of drug-likeness (QED) is 0.932. The molecule has 1 fully saturated rings. The third kappa shape index (κ3) is 2.60. The summed E-state index contributed by atoms with van der Waals surface area (Å²) in [6.45, 7) is -0.831. The molecule has 1 saturated carbocycles. The number of alkyl halides is 3. The predicted octanol–water partition coefficient (Wildman–Crippen LogP) is 2.41. The summed E-state index contributed by atoms with van der Waals surface area (Å²) >= 11 is 0. The molecule has 0 bridgehead atoms. The number of rotatable bonds is 3. The third-order valence-electron chi connectivity index (χ3n) is 4.38. The Labute approximate surface area is 125 Å². The molecular formula is C15H16F3NO3. The zero-order valence-corrected chi connectivity index (χ0v) is 12.0. The van der Waals surface area contributed by atoms with Crippen molar-refractivity contribution in [3.05, 3.63) is 23.8 Å². The Bertz CT molecular complexity index is 602. The number of carbonyl (C=O) groups is 1. The molecule has 1 heterocycles. The Balaban J connectivity index is 1.79. The Morgan fingerprint density at radius 2 is 2.27 bits per heavy atom. The maximum absolute atomic E-state index is 12.2. The molecule has 3 rings (SSSR count). The van der Waals surface area contributed by atoms with Gasteiger partial charge in [-0.1, -0.05) is 0 Å². The van der Waals surface area contributed by atoms with E-state index in [4.69, 9.17) is 9.47 Å². The van der Waals surface area contributed by atoms with Crippen molar-refractivity contribution in [3.63, 3.8) is 0 Å². The highest BCUT2D eigenvalue weighted by Gasteiger charge is 2.61. The first kappa shape index (κ1) is 15.0. The second-order valence-electron chi connectivity index (χ2n) is 5.71. The molecule has 0 aromatic heterocycles. The molecule has 1 aliphatic carbocycles. The normalized spacial score (nSPS) is 26.1. The van der Waals surface area contributed by atoms with Crippen molar-refractivity contribution in [2.24, 2.45) is 5.92 Å². The van der Waals surface area contributed by atoms with Gasteiger partial charge in [-0.3, -0.25) is 4.79 Å². The zero-order chi connectivity index (χ0) is 16.0. The number of amides is 1. The molecule has 1 amide bonds. The molecule has 0 saturated heterocycles. The van der Waals surface area contributed by atoms with Gasteiger partial charge in [0.2, 0.25) is 5.91 Å². The van der Waals surface area contributed by atoms with E-state index in [9.17, 15) is 18.0 Å². The van der Waals surface area contributed by atoms with Gasteiger partial charge in [-0.15, -0.1) is 0 Å². The van der Waals surface area contributed by atoms with Crippen molar-refractivity contribution < 1.29 is 27.4 Å². The van der Waals surface area contributed by atoms with Crippen molar-refractivity contribution in [2.75, 3.05) is 20.3 Å². The van der Waals surface area contributed by atoms with E-state index in [1.165, 1.54) is 0 Å². The fourth-order valence-electron chi connectivity index (χ4n) is 3.16. The highest BCUT2D eigenvalue weighted by Crippen LogP contribution is 2.61. The fourth-order valence-corrected chi connectivity index (χ4v) is 3.16. The highest BCUT2D eigenvalue weighted by molar-refractivity contribution is 5.85. The second kappa shape index (κ2) is 5.07. The molecule has 4 nitrogen and oxygen atoms in total. The van der Waals surface area contributed by atoms with Gasteiger partial charge in [-0.25, -0.2) is 0 Å². The van der Waals surface area contributed by atoms with E-state index in [-0.39, 0.29) is 0 Å². The molecule has 1 spiro atoms. The van der Waals surface area contributed by atoms with E-state index >= 15 is 0 Å². The first-order valence-corrected chi connectivity index (χ1v) is 7.01. The number of hydrogen-bond acceptors (Lipinski definition) is 3. The number of hydrogen-bond donors (Lipinski definition) is 1. The average Bonchev–Trinajstić information content (AvgIpc) is 3.19. The van der Waals surface area contributed by atoms with Crippen LogP contribution in [0.5, 0.6) is 11.5 Å². The lowest BCUT2D eigenvalue weighted by Gasteiger charge is -2.27. The molecule has 0 unspecified atom stereocenters. The molecule has 7 heteroatoms. The van der Waals surface area contributed by atoms with Gasteiger partial charge in [0.15, 0.2) is 0 Å². The van der Waals surface area contributed by atoms with Crippen molar-refractivity contribution in [1.82, 2.24) is 5.32 Å². The standard InChI is InChI=1S/C15H16F3NO3/c1-21-9-2-3-12-10(6-9)14(4-5-22-12)7-11(14)13(20)19-8-15(16,17)18/h2-3,6,11H,4-5,7-8H2,1H3,(H,19,20)/t11-,14-/m1/s1. The van der Waals surface area contributed by atoms with E-state index in [0.29, 0.717) is 30.9 Å². The van der Waals surface area contributed by atoms with E-state index in [1.54, 1.807) is 19.2 Å². The summed E-state index contributed by atoms with van der Waals surface area (Å²) in [5.41, 5.74) is 0.433. The smallest absolute Gasteiger partial charge is 0.405 e. The van der Waals surface area contributed by atoms with Crippen molar-refractivity contribution in [2.45, 2.75) is 24.4 Å². The summed E-state index contributed by atoms with van der Waals surface area (Å²) in [6.07, 6.45) is -3.23. The van der Waals surface area contributed by atoms with Crippen molar-refractivity contribution in [1.29, 1.82) is 0 Å². The Morgan fingerprint density at radius 3 is 2.95 bits per heavy atom. The number of methoxy groups -OCH3 is 1. The lowest BCUT2D eigenvalue weighted by atomic mass is 9.87. The first-order chi connectivity index (χ1) is 10.4. The lowest BCUT2D eigenvalue weighted by molar-refractivity contribution is -0.139. The summed E-state index contributed by atoms with van der Waals surface area (Å²) in [4.78, 5) is 12.0. The number of benzene rings is 1. The number of halogens is 3. The molecule has 1 aliphatic heterocycles. The topological polar surface area (TPSA) is 47.6 Å². The van der Waals surface area contributed by atoms with Crippen LogP contribution in [-0.2, 0) is 10.2 Å². The number of nitrogens with one attached hydrogen (secondary N) is 1. The SMILES string of the molecule is COc1ccc2c(c1)[C@@]1(CCO2)C[C@@H]1C(=O)NCC(F)(F)F. The monoisotopic (exact) mass is 315 g/mol. The van der Waals surface area contributed by atoms with Crippen LogP contribution in [-0.4, -0.2) is 32.3 Å². The maximum atomic E-state index is 12.2. The molecular weight excluding hydrogens is 299 g/mol. The van der Waals surface area contributed by atoms with E-state index in [1.807, 2.05) is 11.4 Å². The van der Waals surface area contributed by atoms with Crippen LogP contribution in [0, 0.1) is 5.92 Å². The summed E-state index contributed by atoms with van der Waals surface area (Å²) in [7, 11) is 1.54. The van der Waals surface area contributed by atoms with Gasteiger partial charge in [0, 0.05) is 16.9 Å². The highest BCUT2D eigenvalue weighted by atomic mass is 19.4. The minimum atomic E-state index is -4.39. The van der Waals surface area contributed by atoms with Gasteiger partial charge >= 0.3 is 6.18 Å². The largest absolute Gasteiger partial charge is 0.497 e. The zero-order valence-electron chi connectivity index (χ0n) is 12.0. The molecule has 1 aromatic carbocycles. The van der Waals surface area contributed by atoms with Crippen LogP contribution in [0.25, 0.3) is 0 Å². The van der Waals surface area contributed by atoms with Crippen LogP contribution in [0.1, 0.15) is 18.4 Å². The molecule has 0 radical (unpaired) electrons. The summed E-state index contributed by atoms with van der Waals surface area (Å²) in [6, 6.07) is 5.35. The van der Waals surface area contributed by atoms with E-state index < -0.39 is 30.0 Å². The van der Waals surface area contributed by atoms with Crippen LogP contribution in [0.2, 0.25) is 0 Å². The van der Waals surface area contributed by atoms with Crippen molar-refractivity contribution >= 4 is 5.91 Å². The van der Waals surface area contributed by atoms with Gasteiger partial charge in [0.25, 0.3) is 0 Å². The molecule has 1 N–H and O–H groups in total. The number of carbonyl (C=O) groups excluding carboxylic acids is 1. The minimum absolute atomic E-state index is 0.419. The Morgan fingerprint density at radius 1 is 1.50 bits per heavy atom. The van der Waals surface area contributed by atoms with Crippen LogP contribution in [0.4, 0.5) is 13.2 Å². The lowest BCUT2D eigenvalue weighted by Crippen LogP contribution is -2.37. The molecule has 2 aliphatic rings. The van der Waals surface area contributed by atoms with Gasteiger partial charge in [-0.05, 0) is 31.0 Å². The summed E-state index contributed by atoms with van der Waals surface area (Å²) < 4.78 is 47.4. The summed E-state index contributed by atoms with van der Waals surface area (Å²) in [5.74, 6) is 0.334. The number of ether oxygens (including phenoxy) is 2. The van der Waals surface area contributed by atoms with E-state index in [0.717, 1.165) is 5.56 Å². The van der Waals surface area contributed by atoms with Crippen molar-refractivity contribution in [3.8, 4) is 11.5 Å². The maximum Gasteiger partial charge on any atom is 0.405 e. The van der Waals surface area contributed by atoms with Crippen LogP contribution in [0.3, 0.4) is 0 Å². The average molecular weight is 315 g/mol. The molecule has 120 valence electrons. The Hall–Kier alpha value is -1.92. The first-order valence-electron chi connectivity index (χ1n) is 7.01. The van der Waals surface area contributed by atoms with Gasteiger partial charge in [0.05, 0.1) is 13.7 Å². The van der Waals surface area contributed by atoms with Gasteiger partial charge in [0.1, 0.15) is 18.0 Å². The Kier molecular flexibility index (Phi) is 3.45. The third-order valence-corrected chi connectivity index (χ3v) is 4.38. The molecule has 22 heavy (non-hydrogen) atoms. The molecule has 1 aromatic rings. The van der Waals surface area contributed by atoms with Crippen LogP contribution < -0.4 is 14.8 Å². The van der Waals surface area contributed by atoms with Crippen LogP contribution >= 0.6 is 0 Å². The summed E-state index contributed by atoms with van der Waals surface area (Å²) in [5, 5.41) is 1.98. The van der Waals surface area contributed by atoms with Crippen LogP contribution in [0.15, 0.2) is 18.2 Å². The van der Waals surface area contributed by atoms with Gasteiger partial charge < -0.3 is 14.8 Å². The van der Waals surface area contributed by atoms with E-state index in [2.05, 4.69) is 0 Å². The number of fused-ring (bicyclic) bond motifs is 2. The fraction of sp³-hybridized carbons (Fsp3) is 0.533.